The molecular formula is C27H34N2O7. The fourth-order valence-corrected chi connectivity index (χ4v) is 6.32. The zero-order chi connectivity index (χ0) is 26.3. The van der Waals surface area contributed by atoms with Crippen LogP contribution in [-0.2, 0) is 23.9 Å². The van der Waals surface area contributed by atoms with E-state index < -0.39 is 35.0 Å². The van der Waals surface area contributed by atoms with Crippen molar-refractivity contribution in [3.63, 3.8) is 0 Å². The summed E-state index contributed by atoms with van der Waals surface area (Å²) in [5.41, 5.74) is -1.58. The minimum absolute atomic E-state index is 0.0149. The fraction of sp³-hybridized carbons (Fsp3) is 0.519. The molecule has 4 rings (SSSR count). The van der Waals surface area contributed by atoms with Gasteiger partial charge in [-0.15, -0.1) is 6.58 Å². The molecule has 1 aromatic carbocycles. The second-order valence-electron chi connectivity index (χ2n) is 9.81. The second-order valence-corrected chi connectivity index (χ2v) is 9.81. The highest BCUT2D eigenvalue weighted by molar-refractivity contribution is 6.04. The maximum Gasteiger partial charge on any atom is 0.313 e. The van der Waals surface area contributed by atoms with E-state index in [9.17, 15) is 19.5 Å². The molecule has 3 unspecified atom stereocenters. The molecule has 194 valence electrons. The molecule has 3 heterocycles. The maximum atomic E-state index is 14.3. The van der Waals surface area contributed by atoms with Crippen molar-refractivity contribution in [2.24, 2.45) is 17.8 Å². The second kappa shape index (κ2) is 9.71. The third kappa shape index (κ3) is 3.72. The zero-order valence-electron chi connectivity index (χ0n) is 21.0. The van der Waals surface area contributed by atoms with Crippen LogP contribution < -0.4 is 9.64 Å². The predicted molar refractivity (Wildman–Crippen MR) is 132 cm³/mol. The Morgan fingerprint density at radius 2 is 1.97 bits per heavy atom. The number of amides is 2. The molecule has 0 saturated carbocycles. The number of hydrogen-bond donors (Lipinski definition) is 1. The Bertz CT molecular complexity index is 1060. The highest BCUT2D eigenvalue weighted by Crippen LogP contribution is 2.65. The topological polar surface area (TPSA) is 106 Å². The largest absolute Gasteiger partial charge is 0.497 e. The lowest BCUT2D eigenvalue weighted by Crippen LogP contribution is -2.57. The number of hydrogen-bond acceptors (Lipinski definition) is 7. The predicted octanol–water partition coefficient (Wildman–Crippen LogP) is 1.95. The third-order valence-corrected chi connectivity index (χ3v) is 7.95. The molecule has 0 aromatic heterocycles. The van der Waals surface area contributed by atoms with E-state index in [1.54, 1.807) is 42.4 Å². The minimum Gasteiger partial charge on any atom is -0.497 e. The Labute approximate surface area is 211 Å². The number of carbonyl (C=O) groups excluding carboxylic acids is 3. The van der Waals surface area contributed by atoms with Crippen molar-refractivity contribution in [3.05, 3.63) is 49.6 Å². The van der Waals surface area contributed by atoms with Crippen LogP contribution >= 0.6 is 0 Å². The van der Waals surface area contributed by atoms with Crippen molar-refractivity contribution in [1.29, 1.82) is 0 Å². The van der Waals surface area contributed by atoms with Crippen molar-refractivity contribution in [2.75, 3.05) is 38.3 Å². The van der Waals surface area contributed by atoms with Crippen LogP contribution in [0.4, 0.5) is 5.69 Å². The molecule has 0 radical (unpaired) electrons. The number of anilines is 1. The Morgan fingerprint density at radius 1 is 1.28 bits per heavy atom. The molecule has 3 fully saturated rings. The minimum atomic E-state index is -1.22. The summed E-state index contributed by atoms with van der Waals surface area (Å²) in [6.07, 6.45) is 3.50. The molecule has 6 atom stereocenters. The van der Waals surface area contributed by atoms with Crippen molar-refractivity contribution >= 4 is 23.5 Å². The number of rotatable bonds is 10. The van der Waals surface area contributed by atoms with E-state index in [0.29, 0.717) is 17.9 Å². The quantitative estimate of drug-likeness (QED) is 0.388. The molecule has 1 spiro atoms. The first-order valence-electron chi connectivity index (χ1n) is 12.2. The third-order valence-electron chi connectivity index (χ3n) is 7.95. The van der Waals surface area contributed by atoms with Gasteiger partial charge < -0.3 is 29.1 Å². The van der Waals surface area contributed by atoms with Gasteiger partial charge in [0.1, 0.15) is 29.9 Å². The molecule has 2 amide bonds. The van der Waals surface area contributed by atoms with E-state index >= 15 is 0 Å². The summed E-state index contributed by atoms with van der Waals surface area (Å²) >= 11 is 0. The van der Waals surface area contributed by atoms with Crippen molar-refractivity contribution < 1.29 is 33.7 Å². The molecule has 2 bridgehead atoms. The molecular weight excluding hydrogens is 464 g/mol. The molecule has 9 nitrogen and oxygen atoms in total. The molecule has 3 saturated heterocycles. The van der Waals surface area contributed by atoms with Crippen molar-refractivity contribution in [2.45, 2.75) is 37.5 Å². The SMILES string of the molecule is C=CCOC(=O)[C@H]1[C@H]2C(=O)N(CCO)C(C(=O)N(CC=C)c3ccc(OC)cc3)C23CC(C)[C@]1(C)O3. The molecule has 1 N–H and O–H groups in total. The zero-order valence-corrected chi connectivity index (χ0v) is 21.0. The summed E-state index contributed by atoms with van der Waals surface area (Å²) in [6, 6.07) is 5.99. The number of aliphatic hydroxyl groups is 1. The van der Waals surface area contributed by atoms with E-state index in [-0.39, 0.29) is 44.0 Å². The van der Waals surface area contributed by atoms with Gasteiger partial charge in [-0.05, 0) is 43.5 Å². The van der Waals surface area contributed by atoms with Crippen LogP contribution in [0.15, 0.2) is 49.6 Å². The average molecular weight is 499 g/mol. The number of β-amino-alcohol motifs (C(OH)–C–C–N with tert-alkyl or cyclic N) is 1. The van der Waals surface area contributed by atoms with Gasteiger partial charge in [-0.25, -0.2) is 0 Å². The summed E-state index contributed by atoms with van der Waals surface area (Å²) in [5.74, 6) is -2.52. The molecule has 36 heavy (non-hydrogen) atoms. The molecule has 3 aliphatic heterocycles. The van der Waals surface area contributed by atoms with Crippen LogP contribution in [-0.4, -0.2) is 78.4 Å². The van der Waals surface area contributed by atoms with Crippen molar-refractivity contribution in [1.82, 2.24) is 4.90 Å². The normalized spacial score (nSPS) is 32.2. The van der Waals surface area contributed by atoms with Gasteiger partial charge >= 0.3 is 5.97 Å². The highest BCUT2D eigenvalue weighted by Gasteiger charge is 2.80. The summed E-state index contributed by atoms with van der Waals surface area (Å²) < 4.78 is 17.2. The smallest absolute Gasteiger partial charge is 0.313 e. The Kier molecular flexibility index (Phi) is 6.99. The van der Waals surface area contributed by atoms with Gasteiger partial charge in [-0.1, -0.05) is 25.7 Å². The summed E-state index contributed by atoms with van der Waals surface area (Å²) in [7, 11) is 1.56. The van der Waals surface area contributed by atoms with Gasteiger partial charge in [0.05, 0.1) is 25.2 Å². The van der Waals surface area contributed by atoms with Crippen LogP contribution in [0.25, 0.3) is 0 Å². The van der Waals surface area contributed by atoms with E-state index in [4.69, 9.17) is 14.2 Å². The number of fused-ring (bicyclic) bond motifs is 1. The lowest BCUT2D eigenvalue weighted by atomic mass is 9.62. The number of esters is 1. The standard InChI is InChI=1S/C27H34N2O7/c1-6-12-28(18-8-10-19(34-5)11-9-18)24(32)22-27-16-17(3)26(4,36-27)21(25(33)35-15-7-2)20(27)23(31)29(22)13-14-30/h6-11,17,20-22,30H,1-2,12-16H2,3-5H3/t17?,20-,21+,22?,26-,27?/m0/s1. The van der Waals surface area contributed by atoms with Crippen LogP contribution in [0.5, 0.6) is 5.75 Å². The Hall–Kier alpha value is -3.17. The van der Waals surface area contributed by atoms with Crippen LogP contribution in [0.1, 0.15) is 20.3 Å². The van der Waals surface area contributed by atoms with Crippen LogP contribution in [0.3, 0.4) is 0 Å². The summed E-state index contributed by atoms with van der Waals surface area (Å²) in [5, 5.41) is 9.79. The highest BCUT2D eigenvalue weighted by atomic mass is 16.6. The molecule has 0 aliphatic carbocycles. The van der Waals surface area contributed by atoms with Gasteiger partial charge in [-0.2, -0.15) is 0 Å². The van der Waals surface area contributed by atoms with Crippen LogP contribution in [0.2, 0.25) is 0 Å². The fourth-order valence-electron chi connectivity index (χ4n) is 6.32. The number of nitrogens with zero attached hydrogens (tertiary/aromatic N) is 2. The Morgan fingerprint density at radius 3 is 2.56 bits per heavy atom. The lowest BCUT2D eigenvalue weighted by molar-refractivity contribution is -0.160. The molecule has 3 aliphatic rings. The van der Waals surface area contributed by atoms with E-state index in [0.717, 1.165) is 0 Å². The number of aliphatic hydroxyl groups excluding tert-OH is 1. The maximum absolute atomic E-state index is 14.3. The van der Waals surface area contributed by atoms with Gasteiger partial charge in [0, 0.05) is 18.8 Å². The van der Waals surface area contributed by atoms with Gasteiger partial charge in [0.25, 0.3) is 5.91 Å². The van der Waals surface area contributed by atoms with Crippen LogP contribution in [0, 0.1) is 17.8 Å². The summed E-state index contributed by atoms with van der Waals surface area (Å²) in [6.45, 7) is 11.0. The first-order valence-corrected chi connectivity index (χ1v) is 12.2. The summed E-state index contributed by atoms with van der Waals surface area (Å²) in [4.78, 5) is 44.2. The van der Waals surface area contributed by atoms with Gasteiger partial charge in [-0.3, -0.25) is 14.4 Å². The average Bonchev–Trinajstić information content (AvgIpc) is 3.38. The van der Waals surface area contributed by atoms with E-state index in [1.165, 1.54) is 11.0 Å². The first kappa shape index (κ1) is 25.9. The van der Waals surface area contributed by atoms with E-state index in [2.05, 4.69) is 13.2 Å². The monoisotopic (exact) mass is 498 g/mol. The van der Waals surface area contributed by atoms with Gasteiger partial charge in [0.15, 0.2) is 0 Å². The number of ether oxygens (including phenoxy) is 3. The van der Waals surface area contributed by atoms with E-state index in [1.807, 2.05) is 13.8 Å². The van der Waals surface area contributed by atoms with Crippen molar-refractivity contribution in [3.8, 4) is 5.75 Å². The number of carbonyl (C=O) groups is 3. The number of benzene rings is 1. The lowest BCUT2D eigenvalue weighted by Gasteiger charge is -2.37. The van der Waals surface area contributed by atoms with Gasteiger partial charge in [0.2, 0.25) is 5.91 Å². The Balaban J connectivity index is 1.79. The number of likely N-dealkylation sites (tertiary alicyclic amines) is 1. The molecule has 9 heteroatoms. The molecule has 1 aromatic rings. The number of methoxy groups -OCH3 is 1. The first-order chi connectivity index (χ1) is 17.2.